The van der Waals surface area contributed by atoms with Crippen LogP contribution in [0.15, 0.2) is 22.7 Å². The molecule has 1 atom stereocenters. The van der Waals surface area contributed by atoms with Crippen LogP contribution in [0, 0.1) is 5.41 Å². The highest BCUT2D eigenvalue weighted by atomic mass is 79.9. The summed E-state index contributed by atoms with van der Waals surface area (Å²) in [6.07, 6.45) is -4.97. The molecule has 0 heterocycles. The Bertz CT molecular complexity index is 458. The molecule has 0 bridgehead atoms. The van der Waals surface area contributed by atoms with Crippen LogP contribution in [-0.2, 0) is 0 Å². The molecule has 1 rings (SSSR count). The first-order chi connectivity index (χ1) is 9.03. The fraction of sp³-hybridized carbons (Fsp3) is 0.538. The first-order valence-electron chi connectivity index (χ1n) is 5.95. The number of rotatable bonds is 4. The lowest BCUT2D eigenvalue weighted by atomic mass is 9.89. The average molecular weight is 356 g/mol. The Kier molecular flexibility index (Phi) is 5.32. The zero-order chi connectivity index (χ0) is 15.6. The van der Waals surface area contributed by atoms with Crippen LogP contribution in [0.25, 0.3) is 0 Å². The van der Waals surface area contributed by atoms with Crippen molar-refractivity contribution in [2.75, 3.05) is 6.54 Å². The maximum Gasteiger partial charge on any atom is 0.573 e. The number of benzene rings is 1. The molecule has 114 valence electrons. The highest BCUT2D eigenvalue weighted by Crippen LogP contribution is 2.34. The second-order valence-electron chi connectivity index (χ2n) is 5.35. The van der Waals surface area contributed by atoms with Crippen LogP contribution >= 0.6 is 15.9 Å². The number of hydrogen-bond acceptors (Lipinski definition) is 3. The van der Waals surface area contributed by atoms with Crippen LogP contribution in [0.4, 0.5) is 13.2 Å². The minimum absolute atomic E-state index is 0.164. The molecule has 3 nitrogen and oxygen atoms in total. The monoisotopic (exact) mass is 355 g/mol. The summed E-state index contributed by atoms with van der Waals surface area (Å²) < 4.78 is 46.2. The van der Waals surface area contributed by atoms with E-state index in [-0.39, 0.29) is 21.7 Å². The normalized spacial score (nSPS) is 14.0. The van der Waals surface area contributed by atoms with Gasteiger partial charge in [0, 0.05) is 12.0 Å². The number of hydrogen-bond donors (Lipinski definition) is 1. The molecule has 1 unspecified atom stereocenters. The van der Waals surface area contributed by atoms with E-state index < -0.39 is 6.36 Å². The molecule has 0 radical (unpaired) electrons. The lowest BCUT2D eigenvalue weighted by molar-refractivity contribution is -0.274. The van der Waals surface area contributed by atoms with Gasteiger partial charge in [0.05, 0.1) is 4.47 Å². The fourth-order valence-corrected chi connectivity index (χ4v) is 1.94. The fourth-order valence-electron chi connectivity index (χ4n) is 1.51. The maximum absolute atomic E-state index is 12.2. The minimum atomic E-state index is -4.73. The standard InChI is InChI=1S/C13H17BrF3NO2/c1-12(2,3)11(7-18)19-8-4-5-10(9(14)6-8)20-13(15,16)17/h4-6,11H,7,18H2,1-3H3. The Balaban J connectivity index is 2.87. The second-order valence-corrected chi connectivity index (χ2v) is 6.20. The molecule has 20 heavy (non-hydrogen) atoms. The van der Waals surface area contributed by atoms with Gasteiger partial charge in [-0.3, -0.25) is 0 Å². The quantitative estimate of drug-likeness (QED) is 0.884. The molecule has 2 N–H and O–H groups in total. The van der Waals surface area contributed by atoms with Gasteiger partial charge in [0.1, 0.15) is 17.6 Å². The molecule has 0 amide bonds. The van der Waals surface area contributed by atoms with Gasteiger partial charge in [0.25, 0.3) is 0 Å². The van der Waals surface area contributed by atoms with Crippen LogP contribution in [-0.4, -0.2) is 19.0 Å². The van der Waals surface area contributed by atoms with Gasteiger partial charge in [0.15, 0.2) is 0 Å². The maximum atomic E-state index is 12.2. The first-order valence-corrected chi connectivity index (χ1v) is 6.74. The van der Waals surface area contributed by atoms with Gasteiger partial charge in [-0.05, 0) is 34.1 Å². The number of alkyl halides is 3. The Morgan fingerprint density at radius 2 is 1.85 bits per heavy atom. The van der Waals surface area contributed by atoms with Crippen molar-refractivity contribution in [1.82, 2.24) is 0 Å². The molecule has 0 aromatic heterocycles. The lowest BCUT2D eigenvalue weighted by Crippen LogP contribution is -2.38. The SMILES string of the molecule is CC(C)(C)C(CN)Oc1ccc(OC(F)(F)F)c(Br)c1. The van der Waals surface area contributed by atoms with Gasteiger partial charge in [-0.15, -0.1) is 13.2 Å². The van der Waals surface area contributed by atoms with Crippen LogP contribution in [0.5, 0.6) is 11.5 Å². The van der Waals surface area contributed by atoms with Crippen molar-refractivity contribution >= 4 is 15.9 Å². The third kappa shape index (κ3) is 5.20. The number of nitrogens with two attached hydrogens (primary N) is 1. The van der Waals surface area contributed by atoms with Gasteiger partial charge in [-0.2, -0.15) is 0 Å². The smallest absolute Gasteiger partial charge is 0.489 e. The summed E-state index contributed by atoms with van der Waals surface area (Å²) >= 11 is 3.03. The Morgan fingerprint density at radius 1 is 1.25 bits per heavy atom. The Hall–Kier alpha value is -0.950. The van der Waals surface area contributed by atoms with E-state index in [9.17, 15) is 13.2 Å². The molecule has 0 aliphatic rings. The van der Waals surface area contributed by atoms with E-state index in [1.807, 2.05) is 20.8 Å². The van der Waals surface area contributed by atoms with Crippen LogP contribution < -0.4 is 15.2 Å². The van der Waals surface area contributed by atoms with Gasteiger partial charge in [-0.25, -0.2) is 0 Å². The predicted octanol–water partition coefficient (Wildman–Crippen LogP) is 4.10. The summed E-state index contributed by atoms with van der Waals surface area (Å²) in [5.74, 6) is 0.113. The number of ether oxygens (including phenoxy) is 2. The molecule has 0 saturated heterocycles. The van der Waals surface area contributed by atoms with Crippen LogP contribution in [0.3, 0.4) is 0 Å². The van der Waals surface area contributed by atoms with Crippen molar-refractivity contribution in [2.45, 2.75) is 33.2 Å². The zero-order valence-corrected chi connectivity index (χ0v) is 13.0. The lowest BCUT2D eigenvalue weighted by Gasteiger charge is -2.30. The molecule has 1 aromatic rings. The number of halogens is 4. The van der Waals surface area contributed by atoms with E-state index in [1.165, 1.54) is 18.2 Å². The summed E-state index contributed by atoms with van der Waals surface area (Å²) in [5.41, 5.74) is 5.47. The summed E-state index contributed by atoms with van der Waals surface area (Å²) in [7, 11) is 0. The van der Waals surface area contributed by atoms with Crippen molar-refractivity contribution in [3.8, 4) is 11.5 Å². The van der Waals surface area contributed by atoms with Crippen molar-refractivity contribution in [1.29, 1.82) is 0 Å². The molecule has 0 fully saturated rings. The third-order valence-electron chi connectivity index (χ3n) is 2.59. The average Bonchev–Trinajstić information content (AvgIpc) is 2.26. The molecule has 0 spiro atoms. The Labute approximate surface area is 124 Å². The molecule has 0 aliphatic carbocycles. The van der Waals surface area contributed by atoms with E-state index in [0.717, 1.165) is 0 Å². The summed E-state index contributed by atoms with van der Waals surface area (Å²) in [6.45, 7) is 6.23. The highest BCUT2D eigenvalue weighted by molar-refractivity contribution is 9.10. The molecule has 0 saturated carbocycles. The second kappa shape index (κ2) is 6.22. The molecule has 1 aromatic carbocycles. The van der Waals surface area contributed by atoms with E-state index in [1.54, 1.807) is 0 Å². The topological polar surface area (TPSA) is 44.5 Å². The van der Waals surface area contributed by atoms with E-state index in [4.69, 9.17) is 10.5 Å². The van der Waals surface area contributed by atoms with Crippen molar-refractivity contribution < 1.29 is 22.6 Å². The predicted molar refractivity (Wildman–Crippen MR) is 73.8 cm³/mol. The van der Waals surface area contributed by atoms with Crippen molar-refractivity contribution in [2.24, 2.45) is 11.1 Å². The van der Waals surface area contributed by atoms with Gasteiger partial charge < -0.3 is 15.2 Å². The largest absolute Gasteiger partial charge is 0.573 e. The summed E-state index contributed by atoms with van der Waals surface area (Å²) in [6, 6.07) is 4.04. The molecular formula is C13H17BrF3NO2. The highest BCUT2D eigenvalue weighted by Gasteiger charge is 2.32. The summed E-state index contributed by atoms with van der Waals surface area (Å²) in [5, 5.41) is 0. The van der Waals surface area contributed by atoms with Crippen molar-refractivity contribution in [3.05, 3.63) is 22.7 Å². The summed E-state index contributed by atoms with van der Waals surface area (Å²) in [4.78, 5) is 0. The Morgan fingerprint density at radius 3 is 2.25 bits per heavy atom. The van der Waals surface area contributed by atoms with Crippen LogP contribution in [0.2, 0.25) is 0 Å². The van der Waals surface area contributed by atoms with E-state index >= 15 is 0 Å². The molecule has 7 heteroatoms. The van der Waals surface area contributed by atoms with Gasteiger partial charge >= 0.3 is 6.36 Å². The van der Waals surface area contributed by atoms with Gasteiger partial charge in [0.2, 0.25) is 0 Å². The van der Waals surface area contributed by atoms with E-state index in [2.05, 4.69) is 20.7 Å². The molecule has 0 aliphatic heterocycles. The van der Waals surface area contributed by atoms with Crippen molar-refractivity contribution in [3.63, 3.8) is 0 Å². The zero-order valence-electron chi connectivity index (χ0n) is 11.4. The van der Waals surface area contributed by atoms with Gasteiger partial charge in [-0.1, -0.05) is 20.8 Å². The van der Waals surface area contributed by atoms with Crippen LogP contribution in [0.1, 0.15) is 20.8 Å². The molecular weight excluding hydrogens is 339 g/mol. The first kappa shape index (κ1) is 17.1. The third-order valence-corrected chi connectivity index (χ3v) is 3.21. The van der Waals surface area contributed by atoms with E-state index in [0.29, 0.717) is 12.3 Å². The minimum Gasteiger partial charge on any atom is -0.489 e.